The highest BCUT2D eigenvalue weighted by Gasteiger charge is 2.35. The van der Waals surface area contributed by atoms with Crippen molar-refractivity contribution < 1.29 is 23.1 Å². The zero-order valence-corrected chi connectivity index (χ0v) is 22.1. The van der Waals surface area contributed by atoms with Gasteiger partial charge in [-0.25, -0.2) is 4.99 Å². The highest BCUT2D eigenvalue weighted by molar-refractivity contribution is 6.20. The number of carbonyl (C=O) groups excluding carboxylic acids is 2. The van der Waals surface area contributed by atoms with Crippen LogP contribution in [0.2, 0.25) is 0 Å². The van der Waals surface area contributed by atoms with E-state index in [-0.39, 0.29) is 17.4 Å². The Morgan fingerprint density at radius 2 is 1.62 bits per heavy atom. The number of nitrogens with zero attached hydrogens (tertiary/aromatic N) is 3. The fraction of sp³-hybridized carbons (Fsp3) is 0.233. The molecule has 3 aromatic rings. The molecule has 1 atom stereocenters. The molecule has 1 N–H and O–H groups in total. The lowest BCUT2D eigenvalue weighted by Crippen LogP contribution is -2.49. The average molecular weight is 533 g/mol. The smallest absolute Gasteiger partial charge is 0.387 e. The lowest BCUT2D eigenvalue weighted by Gasteiger charge is -2.25. The molecule has 1 unspecified atom stereocenters. The van der Waals surface area contributed by atoms with Gasteiger partial charge in [0.05, 0.1) is 5.92 Å². The van der Waals surface area contributed by atoms with Crippen LogP contribution >= 0.6 is 0 Å². The number of hydrazine groups is 1. The first-order valence-electron chi connectivity index (χ1n) is 12.5. The van der Waals surface area contributed by atoms with Crippen molar-refractivity contribution in [3.05, 3.63) is 101 Å². The number of ether oxygens (including phenoxy) is 1. The molecule has 2 amide bonds. The number of amides is 2. The van der Waals surface area contributed by atoms with Crippen molar-refractivity contribution in [2.45, 2.75) is 26.4 Å². The number of nitrogens with one attached hydrogen (secondary N) is 1. The summed E-state index contributed by atoms with van der Waals surface area (Å²) in [6.07, 6.45) is 1.68. The van der Waals surface area contributed by atoms with E-state index in [0.717, 1.165) is 11.3 Å². The number of hydrogen-bond acceptors (Lipinski definition) is 5. The maximum Gasteiger partial charge on any atom is 0.387 e. The van der Waals surface area contributed by atoms with Crippen molar-refractivity contribution in [3.63, 3.8) is 0 Å². The van der Waals surface area contributed by atoms with Gasteiger partial charge in [-0.1, -0.05) is 68.4 Å². The minimum atomic E-state index is -2.94. The Morgan fingerprint density at radius 1 is 0.974 bits per heavy atom. The highest BCUT2D eigenvalue weighted by Crippen LogP contribution is 2.28. The Labute approximate surface area is 226 Å². The van der Waals surface area contributed by atoms with Crippen LogP contribution in [0.5, 0.6) is 5.75 Å². The van der Waals surface area contributed by atoms with Gasteiger partial charge in [0.15, 0.2) is 5.84 Å². The molecule has 7 nitrogen and oxygen atoms in total. The molecule has 1 heterocycles. The van der Waals surface area contributed by atoms with E-state index < -0.39 is 24.3 Å². The standard InChI is InChI=1S/C30H30F2N4O3/c1-19(2)26(21-12-16-24(17-13-21)39-30(31)32)28(37)34-36-27(22-8-6-5-7-9-22)33-25(29(36)38)18-20-10-14-23(15-11-20)35(3)4/h5-19,26,30H,1-4H3,(H,34,37). The molecular weight excluding hydrogens is 502 g/mol. The maximum atomic E-state index is 13.6. The van der Waals surface area contributed by atoms with E-state index in [2.05, 4.69) is 15.2 Å². The molecule has 4 rings (SSSR count). The second-order valence-corrected chi connectivity index (χ2v) is 9.60. The first-order valence-corrected chi connectivity index (χ1v) is 12.5. The summed E-state index contributed by atoms with van der Waals surface area (Å²) >= 11 is 0. The van der Waals surface area contributed by atoms with Gasteiger partial charge < -0.3 is 9.64 Å². The first kappa shape index (κ1) is 27.5. The van der Waals surface area contributed by atoms with Gasteiger partial charge >= 0.3 is 6.61 Å². The number of halogens is 2. The normalized spacial score (nSPS) is 15.1. The van der Waals surface area contributed by atoms with E-state index >= 15 is 0 Å². The summed E-state index contributed by atoms with van der Waals surface area (Å²) in [6, 6.07) is 22.7. The molecular formula is C30H30F2N4O3. The second kappa shape index (κ2) is 11.9. The van der Waals surface area contributed by atoms with Gasteiger partial charge in [-0.15, -0.1) is 0 Å². The third-order valence-electron chi connectivity index (χ3n) is 6.24. The average Bonchev–Trinajstić information content (AvgIpc) is 3.20. The number of anilines is 1. The van der Waals surface area contributed by atoms with E-state index in [4.69, 9.17) is 0 Å². The summed E-state index contributed by atoms with van der Waals surface area (Å²) in [7, 11) is 3.89. The van der Waals surface area contributed by atoms with Gasteiger partial charge in [0, 0.05) is 25.3 Å². The van der Waals surface area contributed by atoms with Crippen molar-refractivity contribution in [2.24, 2.45) is 10.9 Å². The predicted molar refractivity (Wildman–Crippen MR) is 147 cm³/mol. The molecule has 202 valence electrons. The largest absolute Gasteiger partial charge is 0.435 e. The Bertz CT molecular complexity index is 1370. The maximum absolute atomic E-state index is 13.6. The van der Waals surface area contributed by atoms with Crippen molar-refractivity contribution in [2.75, 3.05) is 19.0 Å². The lowest BCUT2D eigenvalue weighted by molar-refractivity contribution is -0.134. The Balaban J connectivity index is 1.63. The first-order chi connectivity index (χ1) is 18.6. The van der Waals surface area contributed by atoms with Gasteiger partial charge in [0.25, 0.3) is 5.91 Å². The van der Waals surface area contributed by atoms with Crippen LogP contribution < -0.4 is 15.1 Å². The fourth-order valence-corrected chi connectivity index (χ4v) is 4.30. The zero-order chi connectivity index (χ0) is 28.1. The van der Waals surface area contributed by atoms with E-state index in [1.807, 2.05) is 87.4 Å². The topological polar surface area (TPSA) is 74.2 Å². The molecule has 0 radical (unpaired) electrons. The number of rotatable bonds is 9. The Hall–Kier alpha value is -4.53. The van der Waals surface area contributed by atoms with E-state index in [1.165, 1.54) is 17.1 Å². The lowest BCUT2D eigenvalue weighted by atomic mass is 9.88. The zero-order valence-electron chi connectivity index (χ0n) is 22.1. The number of benzene rings is 3. The molecule has 0 bridgehead atoms. The highest BCUT2D eigenvalue weighted by atomic mass is 19.3. The predicted octanol–water partition coefficient (Wildman–Crippen LogP) is 5.45. The molecule has 0 aromatic heterocycles. The van der Waals surface area contributed by atoms with Gasteiger partial charge in [-0.3, -0.25) is 15.0 Å². The number of alkyl halides is 2. The molecule has 0 fully saturated rings. The van der Waals surface area contributed by atoms with Crippen molar-refractivity contribution in [1.29, 1.82) is 0 Å². The SMILES string of the molecule is CC(C)C(C(=O)NN1C(=O)C(=Cc2ccc(N(C)C)cc2)N=C1c1ccccc1)c1ccc(OC(F)F)cc1. The van der Waals surface area contributed by atoms with E-state index in [9.17, 15) is 18.4 Å². The molecule has 1 aliphatic rings. The minimum absolute atomic E-state index is 0.00160. The Morgan fingerprint density at radius 3 is 2.18 bits per heavy atom. The van der Waals surface area contributed by atoms with Crippen LogP contribution in [0.1, 0.15) is 36.5 Å². The van der Waals surface area contributed by atoms with E-state index in [1.54, 1.807) is 18.2 Å². The number of hydrogen-bond donors (Lipinski definition) is 1. The number of aliphatic imine (C=N–C) groups is 1. The van der Waals surface area contributed by atoms with Crippen LogP contribution in [0.25, 0.3) is 6.08 Å². The van der Waals surface area contributed by atoms with Crippen molar-refractivity contribution >= 4 is 29.4 Å². The van der Waals surface area contributed by atoms with Crippen molar-refractivity contribution in [3.8, 4) is 5.75 Å². The van der Waals surface area contributed by atoms with Crippen LogP contribution in [0.15, 0.2) is 89.6 Å². The van der Waals surface area contributed by atoms with Gasteiger partial charge in [0.1, 0.15) is 11.4 Å². The van der Waals surface area contributed by atoms with Gasteiger partial charge in [0.2, 0.25) is 5.91 Å². The second-order valence-electron chi connectivity index (χ2n) is 9.60. The van der Waals surface area contributed by atoms with Crippen LogP contribution in [-0.4, -0.2) is 43.4 Å². The van der Waals surface area contributed by atoms with Crippen LogP contribution in [-0.2, 0) is 9.59 Å². The molecule has 0 saturated heterocycles. The van der Waals surface area contributed by atoms with Crippen LogP contribution in [0.3, 0.4) is 0 Å². The summed E-state index contributed by atoms with van der Waals surface area (Å²) in [6.45, 7) is 0.799. The van der Waals surface area contributed by atoms with Gasteiger partial charge in [-0.05, 0) is 47.4 Å². The van der Waals surface area contributed by atoms with Gasteiger partial charge in [-0.2, -0.15) is 13.8 Å². The quantitative estimate of drug-likeness (QED) is 0.372. The summed E-state index contributed by atoms with van der Waals surface area (Å²) in [5, 5.41) is 1.17. The minimum Gasteiger partial charge on any atom is -0.435 e. The number of carbonyl (C=O) groups is 2. The molecule has 1 aliphatic heterocycles. The molecule has 0 aliphatic carbocycles. The molecule has 39 heavy (non-hydrogen) atoms. The van der Waals surface area contributed by atoms with Crippen LogP contribution in [0.4, 0.5) is 14.5 Å². The summed E-state index contributed by atoms with van der Waals surface area (Å²) in [5.74, 6) is -1.43. The van der Waals surface area contributed by atoms with Crippen molar-refractivity contribution in [1.82, 2.24) is 10.4 Å². The molecule has 3 aromatic carbocycles. The third-order valence-corrected chi connectivity index (χ3v) is 6.24. The Kier molecular flexibility index (Phi) is 8.39. The molecule has 0 saturated carbocycles. The van der Waals surface area contributed by atoms with E-state index in [0.29, 0.717) is 17.0 Å². The number of amidine groups is 1. The molecule has 0 spiro atoms. The third kappa shape index (κ3) is 6.49. The summed E-state index contributed by atoms with van der Waals surface area (Å²) in [4.78, 5) is 33.6. The summed E-state index contributed by atoms with van der Waals surface area (Å²) < 4.78 is 29.5. The van der Waals surface area contributed by atoms with Crippen LogP contribution in [0, 0.1) is 5.92 Å². The molecule has 9 heteroatoms. The summed E-state index contributed by atoms with van der Waals surface area (Å²) in [5.41, 5.74) is 6.01. The monoisotopic (exact) mass is 532 g/mol. The fourth-order valence-electron chi connectivity index (χ4n) is 4.30.